The number of anilines is 1. The first kappa shape index (κ1) is 23.9. The molecule has 0 aromatic heterocycles. The Morgan fingerprint density at radius 3 is 2.67 bits per heavy atom. The van der Waals surface area contributed by atoms with Crippen molar-refractivity contribution >= 4 is 23.4 Å². The molecule has 3 amide bonds. The van der Waals surface area contributed by atoms with E-state index in [9.17, 15) is 14.4 Å². The number of carbonyl (C=O) groups is 3. The van der Waals surface area contributed by atoms with Gasteiger partial charge < -0.3 is 34.5 Å². The maximum absolute atomic E-state index is 13.2. The molecule has 0 aliphatic carbocycles. The monoisotopic (exact) mass is 495 g/mol. The molecule has 3 atom stereocenters. The first-order valence-electron chi connectivity index (χ1n) is 12.0. The fourth-order valence-electron chi connectivity index (χ4n) is 4.84. The Balaban J connectivity index is 1.19. The van der Waals surface area contributed by atoms with E-state index in [1.54, 1.807) is 30.1 Å². The molecule has 1 fully saturated rings. The molecule has 2 N–H and O–H groups in total. The average Bonchev–Trinajstić information content (AvgIpc) is 3.33. The van der Waals surface area contributed by atoms with Crippen molar-refractivity contribution in [2.45, 2.75) is 51.0 Å². The van der Waals surface area contributed by atoms with E-state index in [-0.39, 0.29) is 55.8 Å². The van der Waals surface area contributed by atoms with Gasteiger partial charge in [0.25, 0.3) is 5.91 Å². The van der Waals surface area contributed by atoms with Gasteiger partial charge in [-0.15, -0.1) is 0 Å². The van der Waals surface area contributed by atoms with Gasteiger partial charge in [0.2, 0.25) is 18.6 Å². The van der Waals surface area contributed by atoms with Crippen molar-refractivity contribution in [3.63, 3.8) is 0 Å². The van der Waals surface area contributed by atoms with Crippen LogP contribution < -0.4 is 24.8 Å². The number of amides is 3. The second-order valence-electron chi connectivity index (χ2n) is 9.23. The lowest BCUT2D eigenvalue weighted by Crippen LogP contribution is -2.53. The normalized spacial score (nSPS) is 22.4. The fraction of sp³-hybridized carbons (Fsp3) is 0.423. The second-order valence-corrected chi connectivity index (χ2v) is 9.23. The van der Waals surface area contributed by atoms with Crippen molar-refractivity contribution in [2.75, 3.05) is 25.8 Å². The van der Waals surface area contributed by atoms with Gasteiger partial charge in [0.15, 0.2) is 11.5 Å². The number of fused-ring (bicyclic) bond motifs is 3. The van der Waals surface area contributed by atoms with Crippen LogP contribution in [-0.2, 0) is 20.9 Å². The molecule has 0 bridgehead atoms. The van der Waals surface area contributed by atoms with Crippen molar-refractivity contribution in [3.8, 4) is 17.2 Å². The average molecular weight is 496 g/mol. The maximum Gasteiger partial charge on any atom is 0.257 e. The number of hydrogen-bond acceptors (Lipinski definition) is 7. The molecule has 3 heterocycles. The van der Waals surface area contributed by atoms with Crippen LogP contribution in [0, 0.1) is 0 Å². The fourth-order valence-corrected chi connectivity index (χ4v) is 4.84. The number of carbonyl (C=O) groups excluding carboxylic acids is 3. The zero-order valence-corrected chi connectivity index (χ0v) is 20.2. The summed E-state index contributed by atoms with van der Waals surface area (Å²) >= 11 is 0. The summed E-state index contributed by atoms with van der Waals surface area (Å²) in [6.07, 6.45) is 0.937. The zero-order valence-electron chi connectivity index (χ0n) is 20.2. The molecule has 0 radical (unpaired) electrons. The van der Waals surface area contributed by atoms with E-state index in [2.05, 4.69) is 10.6 Å². The predicted molar refractivity (Wildman–Crippen MR) is 129 cm³/mol. The highest BCUT2D eigenvalue weighted by Crippen LogP contribution is 2.33. The van der Waals surface area contributed by atoms with Crippen LogP contribution in [0.5, 0.6) is 17.2 Å². The number of benzene rings is 2. The van der Waals surface area contributed by atoms with E-state index >= 15 is 0 Å². The largest absolute Gasteiger partial charge is 0.490 e. The lowest BCUT2D eigenvalue weighted by atomic mass is 9.94. The molecule has 2 aromatic rings. The van der Waals surface area contributed by atoms with Crippen LogP contribution >= 0.6 is 0 Å². The Hall–Kier alpha value is -3.79. The molecule has 0 spiro atoms. The number of nitrogens with zero attached hydrogens (tertiary/aromatic N) is 1. The number of nitrogens with one attached hydrogen (secondary N) is 2. The summed E-state index contributed by atoms with van der Waals surface area (Å²) in [5, 5.41) is 5.64. The standard InChI is InChI=1S/C26H29N3O7/c1-15(30)28-17-4-8-21-19(10-17)26(32)29(2)20-6-5-18(36-24(20)13-33-21)11-25(31)27-12-16-3-7-22-23(9-16)35-14-34-22/h3-4,7-10,18,20,24H,5-6,11-14H2,1-2H3,(H,27,31)(H,28,30)/t18-,20+,24-/m0/s1. The third-order valence-electron chi connectivity index (χ3n) is 6.67. The SMILES string of the molecule is CC(=O)Nc1ccc2c(c1)C(=O)N(C)[C@@H]1CC[C@@H](CC(=O)NCc3ccc4c(c3)OCO4)O[C@H]1CO2. The Morgan fingerprint density at radius 1 is 1.03 bits per heavy atom. The molecule has 10 heteroatoms. The summed E-state index contributed by atoms with van der Waals surface area (Å²) in [5.74, 6) is 1.30. The molecule has 5 rings (SSSR count). The summed E-state index contributed by atoms with van der Waals surface area (Å²) in [7, 11) is 1.75. The molecule has 0 unspecified atom stereocenters. The Bertz CT molecular complexity index is 1180. The highest BCUT2D eigenvalue weighted by atomic mass is 16.7. The van der Waals surface area contributed by atoms with Gasteiger partial charge in [-0.2, -0.15) is 0 Å². The number of hydrogen-bond donors (Lipinski definition) is 2. The third-order valence-corrected chi connectivity index (χ3v) is 6.67. The summed E-state index contributed by atoms with van der Waals surface area (Å²) in [6.45, 7) is 2.26. The Morgan fingerprint density at radius 2 is 1.83 bits per heavy atom. The molecule has 1 saturated heterocycles. The molecule has 3 aliphatic heterocycles. The lowest BCUT2D eigenvalue weighted by Gasteiger charge is -2.42. The van der Waals surface area contributed by atoms with Gasteiger partial charge in [-0.3, -0.25) is 14.4 Å². The minimum absolute atomic E-state index is 0.108. The summed E-state index contributed by atoms with van der Waals surface area (Å²) in [6, 6.07) is 10.4. The van der Waals surface area contributed by atoms with Gasteiger partial charge in [-0.25, -0.2) is 0 Å². The van der Waals surface area contributed by atoms with Gasteiger partial charge in [0, 0.05) is 26.2 Å². The van der Waals surface area contributed by atoms with Gasteiger partial charge in [0.1, 0.15) is 18.5 Å². The first-order valence-corrected chi connectivity index (χ1v) is 12.0. The Labute approximate surface area is 208 Å². The van der Waals surface area contributed by atoms with Crippen LogP contribution in [0.2, 0.25) is 0 Å². The number of rotatable bonds is 5. The van der Waals surface area contributed by atoms with Crippen LogP contribution in [-0.4, -0.2) is 61.3 Å². The number of ether oxygens (including phenoxy) is 4. The third kappa shape index (κ3) is 5.08. The first-order chi connectivity index (χ1) is 17.4. The van der Waals surface area contributed by atoms with Crippen molar-refractivity contribution in [1.29, 1.82) is 0 Å². The molecule has 0 saturated carbocycles. The van der Waals surface area contributed by atoms with Gasteiger partial charge in [-0.1, -0.05) is 6.07 Å². The highest BCUT2D eigenvalue weighted by Gasteiger charge is 2.39. The maximum atomic E-state index is 13.2. The van der Waals surface area contributed by atoms with E-state index < -0.39 is 0 Å². The van der Waals surface area contributed by atoms with Crippen LogP contribution in [0.3, 0.4) is 0 Å². The van der Waals surface area contributed by atoms with Crippen LogP contribution in [0.15, 0.2) is 36.4 Å². The van der Waals surface area contributed by atoms with Gasteiger partial charge >= 0.3 is 0 Å². The van der Waals surface area contributed by atoms with E-state index in [0.717, 1.165) is 5.56 Å². The minimum atomic E-state index is -0.359. The summed E-state index contributed by atoms with van der Waals surface area (Å²) in [4.78, 5) is 38.9. The van der Waals surface area contributed by atoms with E-state index in [1.165, 1.54) is 6.92 Å². The van der Waals surface area contributed by atoms with Crippen molar-refractivity contribution in [3.05, 3.63) is 47.5 Å². The molecular formula is C26H29N3O7. The van der Waals surface area contributed by atoms with Crippen LogP contribution in [0.4, 0.5) is 5.69 Å². The number of likely N-dealkylation sites (N-methyl/N-ethyl adjacent to an activating group) is 1. The second kappa shape index (κ2) is 10.1. The molecule has 36 heavy (non-hydrogen) atoms. The zero-order chi connectivity index (χ0) is 25.2. The van der Waals surface area contributed by atoms with Crippen LogP contribution in [0.25, 0.3) is 0 Å². The summed E-state index contributed by atoms with van der Waals surface area (Å²) in [5.41, 5.74) is 1.86. The van der Waals surface area contributed by atoms with Gasteiger partial charge in [0.05, 0.1) is 24.1 Å². The molecule has 10 nitrogen and oxygen atoms in total. The quantitative estimate of drug-likeness (QED) is 0.655. The molecule has 3 aliphatic rings. The highest BCUT2D eigenvalue weighted by molar-refractivity contribution is 5.99. The molecular weight excluding hydrogens is 466 g/mol. The Kier molecular flexibility index (Phi) is 6.69. The lowest BCUT2D eigenvalue weighted by molar-refractivity contribution is -0.134. The van der Waals surface area contributed by atoms with E-state index in [4.69, 9.17) is 18.9 Å². The molecule has 2 aromatic carbocycles. The topological polar surface area (TPSA) is 115 Å². The molecule has 190 valence electrons. The van der Waals surface area contributed by atoms with E-state index in [1.807, 2.05) is 18.2 Å². The minimum Gasteiger partial charge on any atom is -0.490 e. The van der Waals surface area contributed by atoms with Gasteiger partial charge in [-0.05, 0) is 48.7 Å². The van der Waals surface area contributed by atoms with Crippen molar-refractivity contribution < 1.29 is 33.3 Å². The van der Waals surface area contributed by atoms with E-state index in [0.29, 0.717) is 47.9 Å². The predicted octanol–water partition coefficient (Wildman–Crippen LogP) is 2.46. The van der Waals surface area contributed by atoms with Crippen molar-refractivity contribution in [1.82, 2.24) is 10.2 Å². The summed E-state index contributed by atoms with van der Waals surface area (Å²) < 4.78 is 22.9. The van der Waals surface area contributed by atoms with Crippen LogP contribution in [0.1, 0.15) is 42.1 Å². The van der Waals surface area contributed by atoms with Crippen molar-refractivity contribution in [2.24, 2.45) is 0 Å². The smallest absolute Gasteiger partial charge is 0.257 e.